The topological polar surface area (TPSA) is 256 Å². The van der Waals surface area contributed by atoms with Crippen LogP contribution in [0.15, 0.2) is 0 Å². The van der Waals surface area contributed by atoms with Crippen molar-refractivity contribution in [2.75, 3.05) is 26.3 Å². The molecule has 0 aromatic heterocycles. The second-order valence-corrected chi connectivity index (χ2v) is 6.50. The number of carboxylic acids is 1. The fraction of sp³-hybridized carbons (Fsp3) is 0.688. The molecule has 0 saturated heterocycles. The number of nitrogens with one attached hydrogen (secondary N) is 3. The van der Waals surface area contributed by atoms with Crippen molar-refractivity contribution in [3.05, 3.63) is 20.2 Å². The van der Waals surface area contributed by atoms with Gasteiger partial charge >= 0.3 is 18.0 Å². The van der Waals surface area contributed by atoms with E-state index in [0.29, 0.717) is 0 Å². The van der Waals surface area contributed by atoms with Crippen molar-refractivity contribution in [1.82, 2.24) is 16.0 Å². The molecular formula is C16H25N5O13. The summed E-state index contributed by atoms with van der Waals surface area (Å²) in [6.07, 6.45) is -1.73. The average molecular weight is 495 g/mol. The number of nitrogens with zero attached hydrogens (tertiary/aromatic N) is 2. The summed E-state index contributed by atoms with van der Waals surface area (Å²) < 4.78 is 4.84. The molecule has 0 saturated carbocycles. The van der Waals surface area contributed by atoms with Gasteiger partial charge in [-0.05, 0) is 19.3 Å². The highest BCUT2D eigenvalue weighted by molar-refractivity contribution is 6.35. The zero-order chi connectivity index (χ0) is 26.1. The molecule has 2 atom stereocenters. The zero-order valence-corrected chi connectivity index (χ0v) is 18.1. The molecule has 0 aliphatic rings. The molecule has 34 heavy (non-hydrogen) atoms. The van der Waals surface area contributed by atoms with Crippen LogP contribution in [0.4, 0.5) is 4.79 Å². The number of esters is 1. The van der Waals surface area contributed by atoms with Crippen molar-refractivity contribution >= 4 is 29.7 Å². The lowest BCUT2D eigenvalue weighted by Crippen LogP contribution is -2.47. The molecule has 0 spiro atoms. The van der Waals surface area contributed by atoms with Gasteiger partial charge in [-0.25, -0.2) is 9.59 Å². The Morgan fingerprint density at radius 2 is 1.62 bits per heavy atom. The molecule has 4 N–H and O–H groups in total. The van der Waals surface area contributed by atoms with Crippen molar-refractivity contribution < 1.29 is 53.7 Å². The molecule has 0 fully saturated rings. The van der Waals surface area contributed by atoms with Crippen LogP contribution < -0.4 is 16.0 Å². The highest BCUT2D eigenvalue weighted by Crippen LogP contribution is 2.03. The first-order valence-electron chi connectivity index (χ1n) is 9.72. The molecule has 0 aromatic carbocycles. The molecule has 18 nitrogen and oxygen atoms in total. The number of amides is 3. The maximum Gasteiger partial charge on any atom is 0.328 e. The van der Waals surface area contributed by atoms with Gasteiger partial charge in [0.25, 0.3) is 16.1 Å². The molecule has 0 aromatic rings. The van der Waals surface area contributed by atoms with Crippen LogP contribution in [0.5, 0.6) is 0 Å². The number of ether oxygens (including phenoxy) is 1. The summed E-state index contributed by atoms with van der Waals surface area (Å²) in [4.78, 5) is 85.9. The number of ketones is 1. The van der Waals surface area contributed by atoms with Crippen molar-refractivity contribution in [2.45, 2.75) is 44.8 Å². The second kappa shape index (κ2) is 16.4. The lowest BCUT2D eigenvalue weighted by atomic mass is 10.1. The molecular weight excluding hydrogens is 470 g/mol. The van der Waals surface area contributed by atoms with Gasteiger partial charge in [-0.3, -0.25) is 14.4 Å². The van der Waals surface area contributed by atoms with Crippen molar-refractivity contribution in [3.63, 3.8) is 0 Å². The third-order valence-corrected chi connectivity index (χ3v) is 3.73. The summed E-state index contributed by atoms with van der Waals surface area (Å²) in [6.45, 7) is -0.745. The molecule has 0 rings (SSSR count). The molecule has 0 heterocycles. The number of carbonyl (C=O) groups excluding carboxylic acids is 4. The number of hydrogen-bond donors (Lipinski definition) is 4. The number of Topliss-reactive ketones (excluding diaryl/α,β-unsaturated/α-hetero) is 1. The summed E-state index contributed by atoms with van der Waals surface area (Å²) in [5, 5.41) is 33.7. The third-order valence-electron chi connectivity index (χ3n) is 3.73. The molecule has 0 unspecified atom stereocenters. The van der Waals surface area contributed by atoms with Gasteiger partial charge in [-0.1, -0.05) is 0 Å². The first-order chi connectivity index (χ1) is 15.9. The Hall–Kier alpha value is -4.25. The van der Waals surface area contributed by atoms with Gasteiger partial charge in [0.15, 0.2) is 6.10 Å². The predicted molar refractivity (Wildman–Crippen MR) is 106 cm³/mol. The molecule has 192 valence electrons. The maximum atomic E-state index is 12.4. The maximum absolute atomic E-state index is 12.4. The number of hydrogen-bond acceptors (Lipinski definition) is 12. The minimum absolute atomic E-state index is 0.0223. The summed E-state index contributed by atoms with van der Waals surface area (Å²) >= 11 is 0. The van der Waals surface area contributed by atoms with Crippen LogP contribution in [0.2, 0.25) is 0 Å². The monoisotopic (exact) mass is 495 g/mol. The van der Waals surface area contributed by atoms with Gasteiger partial charge in [0.2, 0.25) is 5.78 Å². The normalized spacial score (nSPS) is 11.8. The fourth-order valence-electron chi connectivity index (χ4n) is 2.18. The molecule has 0 aliphatic carbocycles. The van der Waals surface area contributed by atoms with E-state index < -0.39 is 65.2 Å². The smallest absolute Gasteiger partial charge is 0.328 e. The van der Waals surface area contributed by atoms with Crippen LogP contribution in [-0.2, 0) is 33.6 Å². The number of aliphatic carboxylic acids is 1. The quantitative estimate of drug-likeness (QED) is 0.0546. The van der Waals surface area contributed by atoms with Gasteiger partial charge in [-0.2, -0.15) is 0 Å². The van der Waals surface area contributed by atoms with Crippen LogP contribution >= 0.6 is 0 Å². The van der Waals surface area contributed by atoms with E-state index in [2.05, 4.69) is 25.6 Å². The summed E-state index contributed by atoms with van der Waals surface area (Å²) in [7, 11) is 0. The molecule has 18 heteroatoms. The first kappa shape index (κ1) is 29.8. The van der Waals surface area contributed by atoms with E-state index in [1.807, 2.05) is 0 Å². The summed E-state index contributed by atoms with van der Waals surface area (Å²) in [5.74, 6) is -3.74. The molecule has 0 aliphatic heterocycles. The van der Waals surface area contributed by atoms with E-state index in [0.717, 1.165) is 6.92 Å². The Morgan fingerprint density at radius 3 is 2.18 bits per heavy atom. The molecule has 0 bridgehead atoms. The lowest BCUT2D eigenvalue weighted by molar-refractivity contribution is -0.790. The molecule has 3 amide bonds. The van der Waals surface area contributed by atoms with E-state index >= 15 is 0 Å². The number of carboxylic acid groups (broad SMARTS) is 1. The Bertz CT molecular complexity index is 760. The van der Waals surface area contributed by atoms with Crippen molar-refractivity contribution in [2.24, 2.45) is 0 Å². The van der Waals surface area contributed by atoms with Gasteiger partial charge in [-0.15, -0.1) is 20.2 Å². The SMILES string of the molecule is CC(=O)C(=O)NCCC[C@H](NC(=O)NCCCC(=O)O)C(=O)OC[C@H](CO[N+](=O)[O-])O[N+](=O)[O-]. The van der Waals surface area contributed by atoms with E-state index in [1.54, 1.807) is 0 Å². The number of rotatable bonds is 18. The predicted octanol–water partition coefficient (Wildman–Crippen LogP) is -1.67. The second-order valence-electron chi connectivity index (χ2n) is 6.50. The summed E-state index contributed by atoms with van der Waals surface area (Å²) in [6, 6.07) is -2.18. The Morgan fingerprint density at radius 1 is 0.971 bits per heavy atom. The van der Waals surface area contributed by atoms with E-state index in [9.17, 15) is 44.2 Å². The fourth-order valence-corrected chi connectivity index (χ4v) is 2.18. The highest BCUT2D eigenvalue weighted by Gasteiger charge is 2.25. The van der Waals surface area contributed by atoms with Crippen molar-refractivity contribution in [3.8, 4) is 0 Å². The van der Waals surface area contributed by atoms with Crippen LogP contribution in [0.3, 0.4) is 0 Å². The Labute approximate surface area is 191 Å². The van der Waals surface area contributed by atoms with Crippen LogP contribution in [0, 0.1) is 20.2 Å². The van der Waals surface area contributed by atoms with Gasteiger partial charge in [0.05, 0.1) is 0 Å². The van der Waals surface area contributed by atoms with Crippen LogP contribution in [-0.4, -0.2) is 83.4 Å². The standard InChI is InChI=1S/C16H25N5O13/c1-10(22)14(25)17-6-2-4-12(19-16(27)18-7-3-5-13(23)24)15(26)32-8-11(34-21(30)31)9-33-20(28)29/h11-12H,2-9H2,1H3,(H,17,25)(H,23,24)(H2,18,19,27)/t11-,12+/m1/s1. The van der Waals surface area contributed by atoms with Gasteiger partial charge < -0.3 is 35.5 Å². The number of urea groups is 1. The molecule has 0 radical (unpaired) electrons. The highest BCUT2D eigenvalue weighted by atomic mass is 17.0. The van der Waals surface area contributed by atoms with Crippen molar-refractivity contribution in [1.29, 1.82) is 0 Å². The third kappa shape index (κ3) is 15.5. The van der Waals surface area contributed by atoms with E-state index in [1.165, 1.54) is 0 Å². The van der Waals surface area contributed by atoms with E-state index in [4.69, 9.17) is 9.84 Å². The minimum atomic E-state index is -1.63. The average Bonchev–Trinajstić information content (AvgIpc) is 2.74. The number of carbonyl (C=O) groups is 5. The largest absolute Gasteiger partial charge is 0.481 e. The van der Waals surface area contributed by atoms with Gasteiger partial charge in [0, 0.05) is 26.4 Å². The van der Waals surface area contributed by atoms with Crippen LogP contribution in [0.25, 0.3) is 0 Å². The minimum Gasteiger partial charge on any atom is -0.481 e. The first-order valence-corrected chi connectivity index (χ1v) is 9.72. The Balaban J connectivity index is 4.94. The zero-order valence-electron chi connectivity index (χ0n) is 18.1. The van der Waals surface area contributed by atoms with Crippen LogP contribution in [0.1, 0.15) is 32.6 Å². The van der Waals surface area contributed by atoms with E-state index in [-0.39, 0.29) is 38.8 Å². The Kier molecular flexibility index (Phi) is 14.3. The summed E-state index contributed by atoms with van der Waals surface area (Å²) in [5.41, 5.74) is 0. The lowest BCUT2D eigenvalue weighted by Gasteiger charge is -2.20. The van der Waals surface area contributed by atoms with Gasteiger partial charge in [0.1, 0.15) is 19.3 Å².